The number of benzene rings is 2. The molecule has 1 fully saturated rings. The van der Waals surface area contributed by atoms with Crippen molar-refractivity contribution < 1.29 is 23.8 Å². The van der Waals surface area contributed by atoms with Crippen molar-refractivity contribution in [2.24, 2.45) is 5.92 Å². The summed E-state index contributed by atoms with van der Waals surface area (Å²) >= 11 is 0. The fraction of sp³-hybridized carbons (Fsp3) is 0.417. The molecular weight excluding hydrogens is 396 g/mol. The van der Waals surface area contributed by atoms with Crippen LogP contribution in [0.1, 0.15) is 28.8 Å². The van der Waals surface area contributed by atoms with Gasteiger partial charge in [-0.1, -0.05) is 24.3 Å². The number of para-hydroxylation sites is 2. The number of carbonyl (C=O) groups excluding carboxylic acids is 2. The van der Waals surface area contributed by atoms with Crippen LogP contribution in [0.25, 0.3) is 0 Å². The van der Waals surface area contributed by atoms with Crippen LogP contribution >= 0.6 is 0 Å². The van der Waals surface area contributed by atoms with Gasteiger partial charge in [-0.3, -0.25) is 9.69 Å². The number of nitrogens with zero attached hydrogens (tertiary/aromatic N) is 1. The molecule has 1 saturated heterocycles. The van der Waals surface area contributed by atoms with Crippen LogP contribution < -0.4 is 14.8 Å². The van der Waals surface area contributed by atoms with Crippen LogP contribution in [0.5, 0.6) is 11.5 Å². The molecular formula is C24H30N2O5. The minimum Gasteiger partial charge on any atom is -0.493 e. The molecule has 0 saturated carbocycles. The fourth-order valence-corrected chi connectivity index (χ4v) is 3.77. The van der Waals surface area contributed by atoms with Gasteiger partial charge in [0.25, 0.3) is 5.91 Å². The molecule has 1 atom stereocenters. The molecule has 2 aromatic rings. The SMILES string of the molecule is COC(=O)c1ccc(CN2CCC[C@H](CNC(=O)COc3ccccc3OC)C2)cc1. The summed E-state index contributed by atoms with van der Waals surface area (Å²) in [7, 11) is 2.96. The molecule has 0 spiro atoms. The molecule has 1 aliphatic rings. The van der Waals surface area contributed by atoms with E-state index in [1.165, 1.54) is 7.11 Å². The number of piperidine rings is 1. The molecule has 1 amide bonds. The third-order valence-electron chi connectivity index (χ3n) is 5.40. The molecule has 2 aromatic carbocycles. The lowest BCUT2D eigenvalue weighted by atomic mass is 9.97. The van der Waals surface area contributed by atoms with E-state index in [1.807, 2.05) is 24.3 Å². The molecule has 0 aromatic heterocycles. The second kappa shape index (κ2) is 11.4. The molecule has 1 N–H and O–H groups in total. The van der Waals surface area contributed by atoms with Crippen LogP contribution in [-0.4, -0.2) is 57.2 Å². The Morgan fingerprint density at radius 1 is 1.06 bits per heavy atom. The maximum Gasteiger partial charge on any atom is 0.337 e. The van der Waals surface area contributed by atoms with Crippen LogP contribution in [0.15, 0.2) is 48.5 Å². The molecule has 1 heterocycles. The summed E-state index contributed by atoms with van der Waals surface area (Å²) in [5, 5.41) is 2.99. The zero-order valence-electron chi connectivity index (χ0n) is 18.1. The molecule has 1 aliphatic heterocycles. The van der Waals surface area contributed by atoms with Crippen molar-refractivity contribution in [1.82, 2.24) is 10.2 Å². The van der Waals surface area contributed by atoms with Crippen LogP contribution in [0, 0.1) is 5.92 Å². The predicted molar refractivity (Wildman–Crippen MR) is 117 cm³/mol. The normalized spacial score (nSPS) is 16.4. The van der Waals surface area contributed by atoms with Gasteiger partial charge in [-0.05, 0) is 55.1 Å². The summed E-state index contributed by atoms with van der Waals surface area (Å²) in [6.07, 6.45) is 2.18. The van der Waals surface area contributed by atoms with Gasteiger partial charge in [-0.2, -0.15) is 0 Å². The Hall–Kier alpha value is -3.06. The van der Waals surface area contributed by atoms with Crippen LogP contribution in [0.4, 0.5) is 0 Å². The van der Waals surface area contributed by atoms with Crippen molar-refractivity contribution in [3.8, 4) is 11.5 Å². The van der Waals surface area contributed by atoms with Crippen molar-refractivity contribution in [1.29, 1.82) is 0 Å². The number of hydrogen-bond acceptors (Lipinski definition) is 6. The van der Waals surface area contributed by atoms with Crippen molar-refractivity contribution in [3.05, 3.63) is 59.7 Å². The highest BCUT2D eigenvalue weighted by atomic mass is 16.5. The molecule has 166 valence electrons. The first-order chi connectivity index (χ1) is 15.1. The van der Waals surface area contributed by atoms with Gasteiger partial charge in [0.1, 0.15) is 0 Å². The molecule has 7 heteroatoms. The van der Waals surface area contributed by atoms with Crippen molar-refractivity contribution in [3.63, 3.8) is 0 Å². The summed E-state index contributed by atoms with van der Waals surface area (Å²) in [6, 6.07) is 14.8. The van der Waals surface area contributed by atoms with Crippen LogP contribution in [0.3, 0.4) is 0 Å². The second-order valence-corrected chi connectivity index (χ2v) is 7.68. The summed E-state index contributed by atoms with van der Waals surface area (Å²) in [6.45, 7) is 3.37. The Balaban J connectivity index is 1.42. The van der Waals surface area contributed by atoms with Gasteiger partial charge in [0, 0.05) is 19.6 Å². The van der Waals surface area contributed by atoms with Crippen LogP contribution in [0.2, 0.25) is 0 Å². The zero-order valence-corrected chi connectivity index (χ0v) is 18.1. The number of carbonyl (C=O) groups is 2. The average Bonchev–Trinajstić information content (AvgIpc) is 2.81. The Kier molecular flexibility index (Phi) is 8.29. The third-order valence-corrected chi connectivity index (χ3v) is 5.40. The summed E-state index contributed by atoms with van der Waals surface area (Å²) < 4.78 is 15.6. The number of amides is 1. The van der Waals surface area contributed by atoms with E-state index in [0.29, 0.717) is 29.5 Å². The molecule has 0 radical (unpaired) electrons. The standard InChI is InChI=1S/C24H30N2O5/c1-29-21-7-3-4-8-22(21)31-17-23(27)25-14-19-6-5-13-26(16-19)15-18-9-11-20(12-10-18)24(28)30-2/h3-4,7-12,19H,5-6,13-17H2,1-2H3,(H,25,27)/t19-/m1/s1. The minimum absolute atomic E-state index is 0.0383. The minimum atomic E-state index is -0.324. The van der Waals surface area contributed by atoms with E-state index >= 15 is 0 Å². The number of methoxy groups -OCH3 is 2. The molecule has 31 heavy (non-hydrogen) atoms. The number of hydrogen-bond donors (Lipinski definition) is 1. The molecule has 0 aliphatic carbocycles. The van der Waals surface area contributed by atoms with E-state index in [1.54, 1.807) is 31.4 Å². The maximum absolute atomic E-state index is 12.2. The largest absolute Gasteiger partial charge is 0.493 e. The first-order valence-electron chi connectivity index (χ1n) is 10.5. The monoisotopic (exact) mass is 426 g/mol. The molecule has 0 unspecified atom stereocenters. The Morgan fingerprint density at radius 2 is 1.81 bits per heavy atom. The quantitative estimate of drug-likeness (QED) is 0.622. The number of ether oxygens (including phenoxy) is 3. The van der Waals surface area contributed by atoms with Gasteiger partial charge < -0.3 is 19.5 Å². The lowest BCUT2D eigenvalue weighted by Crippen LogP contribution is -2.41. The summed E-state index contributed by atoms with van der Waals surface area (Å²) in [4.78, 5) is 26.2. The van der Waals surface area contributed by atoms with Gasteiger partial charge in [0.2, 0.25) is 0 Å². The fourth-order valence-electron chi connectivity index (χ4n) is 3.77. The average molecular weight is 427 g/mol. The lowest BCUT2D eigenvalue weighted by molar-refractivity contribution is -0.123. The van der Waals surface area contributed by atoms with Gasteiger partial charge in [-0.25, -0.2) is 4.79 Å². The second-order valence-electron chi connectivity index (χ2n) is 7.68. The Labute approximate surface area is 183 Å². The highest BCUT2D eigenvalue weighted by Crippen LogP contribution is 2.25. The van der Waals surface area contributed by atoms with E-state index in [-0.39, 0.29) is 18.5 Å². The number of nitrogens with one attached hydrogen (secondary N) is 1. The van der Waals surface area contributed by atoms with E-state index in [4.69, 9.17) is 14.2 Å². The van der Waals surface area contributed by atoms with Gasteiger partial charge >= 0.3 is 5.97 Å². The smallest absolute Gasteiger partial charge is 0.337 e. The Morgan fingerprint density at radius 3 is 2.52 bits per heavy atom. The number of esters is 1. The predicted octanol–water partition coefficient (Wildman–Crippen LogP) is 2.89. The van der Waals surface area contributed by atoms with Gasteiger partial charge in [0.15, 0.2) is 18.1 Å². The third kappa shape index (κ3) is 6.72. The van der Waals surface area contributed by atoms with Crippen molar-refractivity contribution >= 4 is 11.9 Å². The summed E-state index contributed by atoms with van der Waals surface area (Å²) in [5.74, 6) is 1.11. The topological polar surface area (TPSA) is 77.1 Å². The molecule has 7 nitrogen and oxygen atoms in total. The van der Waals surface area contributed by atoms with Crippen LogP contribution in [-0.2, 0) is 16.1 Å². The highest BCUT2D eigenvalue weighted by molar-refractivity contribution is 5.89. The van der Waals surface area contributed by atoms with Crippen molar-refractivity contribution in [2.45, 2.75) is 19.4 Å². The van der Waals surface area contributed by atoms with Gasteiger partial charge in [-0.15, -0.1) is 0 Å². The van der Waals surface area contributed by atoms with Crippen molar-refractivity contribution in [2.75, 3.05) is 40.5 Å². The molecule has 3 rings (SSSR count). The van der Waals surface area contributed by atoms with E-state index in [2.05, 4.69) is 10.2 Å². The van der Waals surface area contributed by atoms with Gasteiger partial charge in [0.05, 0.1) is 19.8 Å². The summed E-state index contributed by atoms with van der Waals surface area (Å²) in [5.41, 5.74) is 1.71. The Bertz CT molecular complexity index is 869. The van der Waals surface area contributed by atoms with E-state index in [0.717, 1.165) is 38.0 Å². The molecule has 0 bridgehead atoms. The lowest BCUT2D eigenvalue weighted by Gasteiger charge is -2.32. The highest BCUT2D eigenvalue weighted by Gasteiger charge is 2.21. The van der Waals surface area contributed by atoms with E-state index in [9.17, 15) is 9.59 Å². The first-order valence-corrected chi connectivity index (χ1v) is 10.5. The maximum atomic E-state index is 12.2. The number of likely N-dealkylation sites (tertiary alicyclic amines) is 1. The van der Waals surface area contributed by atoms with E-state index < -0.39 is 0 Å². The zero-order chi connectivity index (χ0) is 22.1. The first kappa shape index (κ1) is 22.6. The number of rotatable bonds is 9.